The van der Waals surface area contributed by atoms with E-state index >= 15 is 0 Å². The minimum atomic E-state index is -1.01. The summed E-state index contributed by atoms with van der Waals surface area (Å²) in [7, 11) is 0. The maximum absolute atomic E-state index is 10.6. The van der Waals surface area contributed by atoms with Crippen molar-refractivity contribution in [1.29, 1.82) is 0 Å². The molecule has 2 aromatic rings. The zero-order valence-electron chi connectivity index (χ0n) is 7.51. The lowest BCUT2D eigenvalue weighted by Gasteiger charge is -1.97. The molecular formula is C8H7N3O2S2. The molecule has 2 rings (SSSR count). The molecule has 0 saturated carbocycles. The van der Waals surface area contributed by atoms with Gasteiger partial charge in [-0.2, -0.15) is 0 Å². The molecule has 78 valence electrons. The maximum Gasteiger partial charge on any atom is 0.355 e. The minimum Gasteiger partial charge on any atom is -0.476 e. The number of hydrogen-bond acceptors (Lipinski definition) is 6. The molecule has 0 bridgehead atoms. The zero-order valence-corrected chi connectivity index (χ0v) is 9.14. The van der Waals surface area contributed by atoms with Gasteiger partial charge in [0.2, 0.25) is 0 Å². The van der Waals surface area contributed by atoms with Gasteiger partial charge in [0.05, 0.1) is 17.7 Å². The third-order valence-corrected chi connectivity index (χ3v) is 3.06. The van der Waals surface area contributed by atoms with Gasteiger partial charge in [0, 0.05) is 10.8 Å². The van der Waals surface area contributed by atoms with Gasteiger partial charge < -0.3 is 10.4 Å². The maximum atomic E-state index is 10.6. The van der Waals surface area contributed by atoms with Crippen molar-refractivity contribution in [3.05, 3.63) is 27.7 Å². The Morgan fingerprint density at radius 2 is 2.40 bits per heavy atom. The van der Waals surface area contributed by atoms with Gasteiger partial charge in [-0.1, -0.05) is 0 Å². The van der Waals surface area contributed by atoms with E-state index in [0.717, 1.165) is 5.69 Å². The number of thiazole rings is 2. The van der Waals surface area contributed by atoms with Crippen LogP contribution in [0.15, 0.2) is 16.3 Å². The van der Waals surface area contributed by atoms with E-state index in [2.05, 4.69) is 15.3 Å². The number of anilines is 1. The molecule has 0 spiro atoms. The summed E-state index contributed by atoms with van der Waals surface area (Å²) in [4.78, 5) is 18.5. The largest absolute Gasteiger partial charge is 0.476 e. The molecule has 0 atom stereocenters. The topological polar surface area (TPSA) is 75.1 Å². The van der Waals surface area contributed by atoms with Gasteiger partial charge in [-0.25, -0.2) is 14.8 Å². The summed E-state index contributed by atoms with van der Waals surface area (Å²) in [5.74, 6) is -1.01. The van der Waals surface area contributed by atoms with Crippen molar-refractivity contribution in [1.82, 2.24) is 9.97 Å². The Hall–Kier alpha value is -1.47. The summed E-state index contributed by atoms with van der Waals surface area (Å²) in [6, 6.07) is 0. The molecule has 2 N–H and O–H groups in total. The first-order valence-electron chi connectivity index (χ1n) is 4.05. The van der Waals surface area contributed by atoms with Gasteiger partial charge in [0.15, 0.2) is 10.8 Å². The van der Waals surface area contributed by atoms with E-state index in [1.807, 2.05) is 5.38 Å². The SMILES string of the molecule is O=C(O)c1csc(NCc2cscn2)n1. The smallest absolute Gasteiger partial charge is 0.355 e. The average molecular weight is 241 g/mol. The van der Waals surface area contributed by atoms with Gasteiger partial charge >= 0.3 is 5.97 Å². The third kappa shape index (κ3) is 2.51. The Balaban J connectivity index is 1.96. The second kappa shape index (κ2) is 4.37. The fourth-order valence-corrected chi connectivity index (χ4v) is 2.19. The number of hydrogen-bond donors (Lipinski definition) is 2. The summed E-state index contributed by atoms with van der Waals surface area (Å²) < 4.78 is 0. The molecule has 0 aliphatic carbocycles. The molecule has 0 unspecified atom stereocenters. The second-order valence-corrected chi connectivity index (χ2v) is 4.25. The molecule has 15 heavy (non-hydrogen) atoms. The Morgan fingerprint density at radius 1 is 1.53 bits per heavy atom. The van der Waals surface area contributed by atoms with Crippen LogP contribution in [0.4, 0.5) is 5.13 Å². The number of nitrogens with zero attached hydrogens (tertiary/aromatic N) is 2. The molecule has 2 heterocycles. The first kappa shape index (κ1) is 10.1. The summed E-state index contributed by atoms with van der Waals surface area (Å²) in [6.07, 6.45) is 0. The van der Waals surface area contributed by atoms with Crippen LogP contribution < -0.4 is 5.32 Å². The highest BCUT2D eigenvalue weighted by molar-refractivity contribution is 7.13. The molecule has 0 saturated heterocycles. The monoisotopic (exact) mass is 241 g/mol. The lowest BCUT2D eigenvalue weighted by Crippen LogP contribution is -2.01. The number of aromatic carboxylic acids is 1. The third-order valence-electron chi connectivity index (χ3n) is 1.63. The number of rotatable bonds is 4. The van der Waals surface area contributed by atoms with Crippen molar-refractivity contribution >= 4 is 33.8 Å². The van der Waals surface area contributed by atoms with E-state index < -0.39 is 5.97 Å². The van der Waals surface area contributed by atoms with Crippen molar-refractivity contribution in [3.8, 4) is 0 Å². The predicted molar refractivity (Wildman–Crippen MR) is 58.5 cm³/mol. The van der Waals surface area contributed by atoms with Gasteiger partial charge in [0.1, 0.15) is 0 Å². The van der Waals surface area contributed by atoms with E-state index in [4.69, 9.17) is 5.11 Å². The average Bonchev–Trinajstić information content (AvgIpc) is 2.86. The molecule has 0 fully saturated rings. The van der Waals surface area contributed by atoms with E-state index in [1.165, 1.54) is 28.1 Å². The van der Waals surface area contributed by atoms with Crippen LogP contribution in [0.1, 0.15) is 16.2 Å². The van der Waals surface area contributed by atoms with Crippen molar-refractivity contribution in [3.63, 3.8) is 0 Å². The molecule has 0 aliphatic heterocycles. The van der Waals surface area contributed by atoms with E-state index in [-0.39, 0.29) is 5.69 Å². The van der Waals surface area contributed by atoms with Crippen LogP contribution in [0.25, 0.3) is 0 Å². The highest BCUT2D eigenvalue weighted by Crippen LogP contribution is 2.16. The van der Waals surface area contributed by atoms with Gasteiger partial charge in [-0.15, -0.1) is 22.7 Å². The quantitative estimate of drug-likeness (QED) is 0.855. The van der Waals surface area contributed by atoms with Gasteiger partial charge in [0.25, 0.3) is 0 Å². The number of carboxylic acid groups (broad SMARTS) is 1. The van der Waals surface area contributed by atoms with Crippen LogP contribution in [0.2, 0.25) is 0 Å². The fraction of sp³-hybridized carbons (Fsp3) is 0.125. The fourth-order valence-electron chi connectivity index (χ4n) is 0.944. The standard InChI is InChI=1S/C8H7N3O2S2/c12-7(13)6-3-15-8(11-6)9-1-5-2-14-4-10-5/h2-4H,1H2,(H,9,11)(H,12,13). The lowest BCUT2D eigenvalue weighted by atomic mass is 10.5. The molecule has 5 nitrogen and oxygen atoms in total. The summed E-state index contributed by atoms with van der Waals surface area (Å²) in [5, 5.41) is 15.7. The Bertz CT molecular complexity index is 452. The van der Waals surface area contributed by atoms with Crippen LogP contribution in [0.5, 0.6) is 0 Å². The molecule has 0 aromatic carbocycles. The van der Waals surface area contributed by atoms with Crippen LogP contribution in [-0.2, 0) is 6.54 Å². The van der Waals surface area contributed by atoms with E-state index in [1.54, 1.807) is 5.51 Å². The van der Waals surface area contributed by atoms with Crippen LogP contribution in [-0.4, -0.2) is 21.0 Å². The molecular weight excluding hydrogens is 234 g/mol. The summed E-state index contributed by atoms with van der Waals surface area (Å²) >= 11 is 2.79. The Labute approximate surface area is 93.4 Å². The minimum absolute atomic E-state index is 0.0702. The highest BCUT2D eigenvalue weighted by Gasteiger charge is 2.08. The van der Waals surface area contributed by atoms with Crippen molar-refractivity contribution in [2.24, 2.45) is 0 Å². The molecule has 0 radical (unpaired) electrons. The van der Waals surface area contributed by atoms with Crippen molar-refractivity contribution < 1.29 is 9.90 Å². The number of aromatic nitrogens is 2. The summed E-state index contributed by atoms with van der Waals surface area (Å²) in [5.41, 5.74) is 2.74. The zero-order chi connectivity index (χ0) is 10.7. The van der Waals surface area contributed by atoms with Gasteiger partial charge in [-0.3, -0.25) is 0 Å². The first-order chi connectivity index (χ1) is 7.25. The van der Waals surface area contributed by atoms with Crippen molar-refractivity contribution in [2.45, 2.75) is 6.54 Å². The van der Waals surface area contributed by atoms with Gasteiger partial charge in [-0.05, 0) is 0 Å². The molecule has 7 heteroatoms. The summed E-state index contributed by atoms with van der Waals surface area (Å²) in [6.45, 7) is 0.566. The first-order valence-corrected chi connectivity index (χ1v) is 5.87. The molecule has 0 amide bonds. The highest BCUT2D eigenvalue weighted by atomic mass is 32.1. The molecule has 2 aromatic heterocycles. The Kier molecular flexibility index (Phi) is 2.93. The second-order valence-electron chi connectivity index (χ2n) is 2.68. The van der Waals surface area contributed by atoms with Crippen molar-refractivity contribution in [2.75, 3.05) is 5.32 Å². The van der Waals surface area contributed by atoms with Crippen LogP contribution in [0, 0.1) is 0 Å². The number of carboxylic acids is 1. The lowest BCUT2D eigenvalue weighted by molar-refractivity contribution is 0.0691. The molecule has 0 aliphatic rings. The number of nitrogens with one attached hydrogen (secondary N) is 1. The van der Waals surface area contributed by atoms with Crippen LogP contribution >= 0.6 is 22.7 Å². The predicted octanol–water partition coefficient (Wildman–Crippen LogP) is 1.91. The Morgan fingerprint density at radius 3 is 3.00 bits per heavy atom. The van der Waals surface area contributed by atoms with E-state index in [0.29, 0.717) is 11.7 Å². The number of carbonyl (C=O) groups is 1. The van der Waals surface area contributed by atoms with E-state index in [9.17, 15) is 4.79 Å². The normalized spacial score (nSPS) is 10.1. The van der Waals surface area contributed by atoms with Crippen LogP contribution in [0.3, 0.4) is 0 Å².